The fraction of sp³-hybridized carbons (Fsp3) is 0.333. The molecule has 2 heterocycles. The molecule has 1 aliphatic rings. The standard InChI is InChI=1S/C21H23N3O3.ClH/c1-4-23(5-2)8-9-24-20(26)15-10-12(3)19-17(18(15)21(24)27)14-11-13(25)6-7-16(14)22-19;/h6-7,10-11,22,25H,4-5,8-9H2,1-3H3;1H. The highest BCUT2D eigenvalue weighted by atomic mass is 35.5. The highest BCUT2D eigenvalue weighted by molar-refractivity contribution is 6.30. The largest absolute Gasteiger partial charge is 0.508 e. The molecule has 2 aromatic carbocycles. The van der Waals surface area contributed by atoms with Gasteiger partial charge in [-0.3, -0.25) is 14.5 Å². The number of phenolic OH excluding ortho intramolecular Hbond substituents is 1. The molecule has 0 aliphatic carbocycles. The molecule has 0 saturated heterocycles. The zero-order valence-corrected chi connectivity index (χ0v) is 17.0. The summed E-state index contributed by atoms with van der Waals surface area (Å²) in [5, 5.41) is 11.4. The number of hydrogen-bond acceptors (Lipinski definition) is 4. The molecule has 0 fully saturated rings. The summed E-state index contributed by atoms with van der Waals surface area (Å²) in [5.74, 6) is -0.355. The van der Waals surface area contributed by atoms with Crippen LogP contribution >= 0.6 is 12.4 Å². The van der Waals surface area contributed by atoms with Gasteiger partial charge in [0.05, 0.1) is 16.6 Å². The van der Waals surface area contributed by atoms with Crippen molar-refractivity contribution in [2.75, 3.05) is 26.2 Å². The van der Waals surface area contributed by atoms with E-state index in [1.165, 1.54) is 4.90 Å². The molecular weight excluding hydrogens is 378 g/mol. The lowest BCUT2D eigenvalue weighted by atomic mass is 9.99. The molecular formula is C21H24ClN3O3. The van der Waals surface area contributed by atoms with Gasteiger partial charge in [0.1, 0.15) is 5.75 Å². The number of carbonyl (C=O) groups excluding carboxylic acids is 2. The third kappa shape index (κ3) is 2.93. The van der Waals surface area contributed by atoms with Gasteiger partial charge in [-0.25, -0.2) is 0 Å². The van der Waals surface area contributed by atoms with E-state index < -0.39 is 0 Å². The van der Waals surface area contributed by atoms with Crippen LogP contribution in [0.3, 0.4) is 0 Å². The van der Waals surface area contributed by atoms with Gasteiger partial charge in [0.25, 0.3) is 11.8 Å². The molecule has 1 aromatic heterocycles. The topological polar surface area (TPSA) is 76.6 Å². The van der Waals surface area contributed by atoms with Crippen LogP contribution in [0.2, 0.25) is 0 Å². The van der Waals surface area contributed by atoms with Crippen molar-refractivity contribution in [3.8, 4) is 5.75 Å². The lowest BCUT2D eigenvalue weighted by Gasteiger charge is -2.21. The summed E-state index contributed by atoms with van der Waals surface area (Å²) in [6.45, 7) is 8.86. The van der Waals surface area contributed by atoms with E-state index >= 15 is 0 Å². The lowest BCUT2D eigenvalue weighted by molar-refractivity contribution is 0.0638. The number of likely N-dealkylation sites (N-methyl/N-ethyl adjacent to an activating group) is 1. The summed E-state index contributed by atoms with van der Waals surface area (Å²) >= 11 is 0. The zero-order chi connectivity index (χ0) is 19.3. The Labute approximate surface area is 169 Å². The quantitative estimate of drug-likeness (QED) is 0.639. The molecule has 28 heavy (non-hydrogen) atoms. The molecule has 7 heteroatoms. The lowest BCUT2D eigenvalue weighted by Crippen LogP contribution is -2.38. The Bertz CT molecular complexity index is 1090. The third-order valence-corrected chi connectivity index (χ3v) is 5.53. The zero-order valence-electron chi connectivity index (χ0n) is 16.2. The second-order valence-electron chi connectivity index (χ2n) is 7.01. The van der Waals surface area contributed by atoms with Gasteiger partial charge in [0.15, 0.2) is 0 Å². The summed E-state index contributed by atoms with van der Waals surface area (Å²) in [6.07, 6.45) is 0. The molecule has 2 N–H and O–H groups in total. The number of phenols is 1. The minimum Gasteiger partial charge on any atom is -0.508 e. The Morgan fingerprint density at radius 2 is 1.82 bits per heavy atom. The molecule has 0 spiro atoms. The number of aromatic nitrogens is 1. The van der Waals surface area contributed by atoms with E-state index in [-0.39, 0.29) is 30.0 Å². The summed E-state index contributed by atoms with van der Waals surface area (Å²) in [6, 6.07) is 6.83. The minimum atomic E-state index is -0.253. The van der Waals surface area contributed by atoms with E-state index in [4.69, 9.17) is 0 Å². The number of fused-ring (bicyclic) bond motifs is 5. The van der Waals surface area contributed by atoms with E-state index in [0.717, 1.165) is 40.5 Å². The SMILES string of the molecule is CCN(CC)CCN1C(=O)c2cc(C)c3[nH]c4ccc(O)cc4c3c2C1=O.Cl. The summed E-state index contributed by atoms with van der Waals surface area (Å²) < 4.78 is 0. The molecule has 0 atom stereocenters. The normalized spacial score (nSPS) is 13.6. The molecule has 3 aromatic rings. The number of hydrogen-bond donors (Lipinski definition) is 2. The van der Waals surface area contributed by atoms with Crippen LogP contribution < -0.4 is 0 Å². The van der Waals surface area contributed by atoms with Crippen LogP contribution in [-0.4, -0.2) is 57.9 Å². The first-order valence-electron chi connectivity index (χ1n) is 9.32. The number of H-pyrrole nitrogens is 1. The van der Waals surface area contributed by atoms with Crippen molar-refractivity contribution in [2.45, 2.75) is 20.8 Å². The van der Waals surface area contributed by atoms with Gasteiger partial charge >= 0.3 is 0 Å². The summed E-state index contributed by atoms with van der Waals surface area (Å²) in [4.78, 5) is 33.0. The number of carbonyl (C=O) groups is 2. The van der Waals surface area contributed by atoms with Crippen molar-refractivity contribution < 1.29 is 14.7 Å². The summed E-state index contributed by atoms with van der Waals surface area (Å²) in [5.41, 5.74) is 3.47. The van der Waals surface area contributed by atoms with Gasteiger partial charge in [-0.15, -0.1) is 12.4 Å². The smallest absolute Gasteiger partial charge is 0.262 e. The highest BCUT2D eigenvalue weighted by Gasteiger charge is 2.38. The Hall–Kier alpha value is -2.57. The van der Waals surface area contributed by atoms with Gasteiger partial charge in [-0.05, 0) is 49.8 Å². The number of aryl methyl sites for hydroxylation is 1. The first-order valence-corrected chi connectivity index (χ1v) is 9.32. The monoisotopic (exact) mass is 401 g/mol. The van der Waals surface area contributed by atoms with Crippen LogP contribution in [0.4, 0.5) is 0 Å². The minimum absolute atomic E-state index is 0. The number of benzene rings is 2. The molecule has 4 rings (SSSR count). The van der Waals surface area contributed by atoms with Gasteiger partial charge in [-0.1, -0.05) is 13.8 Å². The number of nitrogens with one attached hydrogen (secondary N) is 1. The van der Waals surface area contributed by atoms with Gasteiger partial charge < -0.3 is 15.0 Å². The van der Waals surface area contributed by atoms with Gasteiger partial charge in [0, 0.05) is 29.4 Å². The molecule has 2 amide bonds. The van der Waals surface area contributed by atoms with Crippen molar-refractivity contribution in [3.63, 3.8) is 0 Å². The van der Waals surface area contributed by atoms with Crippen LogP contribution in [0.25, 0.3) is 21.8 Å². The Morgan fingerprint density at radius 1 is 1.11 bits per heavy atom. The predicted octanol–water partition coefficient (Wildman–Crippen LogP) is 3.69. The van der Waals surface area contributed by atoms with Crippen LogP contribution in [0.1, 0.15) is 40.1 Å². The maximum Gasteiger partial charge on any atom is 0.262 e. The number of imide groups is 1. The van der Waals surface area contributed by atoms with Crippen molar-refractivity contribution in [1.82, 2.24) is 14.8 Å². The van der Waals surface area contributed by atoms with Gasteiger partial charge in [-0.2, -0.15) is 0 Å². The number of amides is 2. The van der Waals surface area contributed by atoms with Crippen molar-refractivity contribution in [2.24, 2.45) is 0 Å². The highest BCUT2D eigenvalue weighted by Crippen LogP contribution is 2.38. The number of rotatable bonds is 5. The molecule has 6 nitrogen and oxygen atoms in total. The van der Waals surface area contributed by atoms with Crippen LogP contribution in [0.5, 0.6) is 5.75 Å². The van der Waals surface area contributed by atoms with Crippen LogP contribution in [-0.2, 0) is 0 Å². The average molecular weight is 402 g/mol. The molecule has 0 saturated carbocycles. The molecule has 1 aliphatic heterocycles. The Balaban J connectivity index is 0.00000225. The molecule has 0 radical (unpaired) electrons. The first-order chi connectivity index (χ1) is 13.0. The van der Waals surface area contributed by atoms with Crippen molar-refractivity contribution in [1.29, 1.82) is 0 Å². The maximum absolute atomic E-state index is 13.2. The average Bonchev–Trinajstić information content (AvgIpc) is 3.13. The molecule has 0 bridgehead atoms. The van der Waals surface area contributed by atoms with Crippen molar-refractivity contribution in [3.05, 3.63) is 41.0 Å². The van der Waals surface area contributed by atoms with E-state index in [2.05, 4.69) is 23.7 Å². The number of nitrogens with zero attached hydrogens (tertiary/aromatic N) is 2. The number of aromatic hydroxyl groups is 1. The fourth-order valence-corrected chi connectivity index (χ4v) is 3.98. The molecule has 0 unspecified atom stereocenters. The second kappa shape index (κ2) is 7.45. The van der Waals surface area contributed by atoms with E-state index in [9.17, 15) is 14.7 Å². The van der Waals surface area contributed by atoms with Crippen molar-refractivity contribution >= 4 is 46.0 Å². The maximum atomic E-state index is 13.2. The molecule has 148 valence electrons. The van der Waals surface area contributed by atoms with Crippen LogP contribution in [0.15, 0.2) is 24.3 Å². The Kier molecular flexibility index (Phi) is 5.37. The van der Waals surface area contributed by atoms with E-state index in [0.29, 0.717) is 24.2 Å². The first kappa shape index (κ1) is 20.2. The second-order valence-corrected chi connectivity index (χ2v) is 7.01. The predicted molar refractivity (Wildman–Crippen MR) is 113 cm³/mol. The third-order valence-electron chi connectivity index (χ3n) is 5.53. The van der Waals surface area contributed by atoms with Gasteiger partial charge in [0.2, 0.25) is 0 Å². The fourth-order valence-electron chi connectivity index (χ4n) is 3.98. The van der Waals surface area contributed by atoms with E-state index in [1.54, 1.807) is 24.3 Å². The Morgan fingerprint density at radius 3 is 2.50 bits per heavy atom. The number of halogens is 1. The summed E-state index contributed by atoms with van der Waals surface area (Å²) in [7, 11) is 0. The van der Waals surface area contributed by atoms with Crippen LogP contribution in [0, 0.1) is 6.92 Å². The number of aromatic amines is 1. The van der Waals surface area contributed by atoms with E-state index in [1.807, 2.05) is 6.92 Å².